The molecule has 0 aliphatic heterocycles. The minimum absolute atomic E-state index is 0.374. The third kappa shape index (κ3) is 2.88. The fraction of sp³-hybridized carbons (Fsp3) is 0.538. The van der Waals surface area contributed by atoms with Gasteiger partial charge in [-0.25, -0.2) is 0 Å². The zero-order valence-electron chi connectivity index (χ0n) is 9.46. The summed E-state index contributed by atoms with van der Waals surface area (Å²) in [4.78, 5) is 0. The van der Waals surface area contributed by atoms with Gasteiger partial charge in [0.2, 0.25) is 0 Å². The summed E-state index contributed by atoms with van der Waals surface area (Å²) < 4.78 is 0. The first kappa shape index (κ1) is 10.3. The Kier molecular flexibility index (Phi) is 2.85. The van der Waals surface area contributed by atoms with Crippen molar-refractivity contribution >= 4 is 5.69 Å². The lowest BCUT2D eigenvalue weighted by molar-refractivity contribution is 0.471. The highest BCUT2D eigenvalue weighted by Crippen LogP contribution is 2.34. The number of rotatable bonds is 4. The van der Waals surface area contributed by atoms with Crippen molar-refractivity contribution in [1.29, 1.82) is 0 Å². The van der Waals surface area contributed by atoms with Gasteiger partial charge in [0.25, 0.3) is 0 Å². The predicted octanol–water partition coefficient (Wildman–Crippen LogP) is 3.30. The van der Waals surface area contributed by atoms with Crippen LogP contribution in [0.1, 0.15) is 31.7 Å². The van der Waals surface area contributed by atoms with Gasteiger partial charge in [-0.15, -0.1) is 0 Å². The number of aromatic hydroxyl groups is 1. The van der Waals surface area contributed by atoms with Gasteiger partial charge in [0.05, 0.1) is 0 Å². The maximum atomic E-state index is 9.57. The molecule has 0 saturated heterocycles. The Balaban J connectivity index is 1.93. The Hall–Kier alpha value is -1.18. The van der Waals surface area contributed by atoms with Crippen molar-refractivity contribution in [3.8, 4) is 5.75 Å². The lowest BCUT2D eigenvalue weighted by Crippen LogP contribution is -2.15. The molecule has 2 rings (SSSR count). The summed E-state index contributed by atoms with van der Waals surface area (Å²) in [6.07, 6.45) is 4.03. The highest BCUT2D eigenvalue weighted by molar-refractivity contribution is 5.51. The SMILES string of the molecule is Cc1ccc(NC(C)CC2CC2)cc1O. The molecule has 1 unspecified atom stereocenters. The van der Waals surface area contributed by atoms with Crippen molar-refractivity contribution < 1.29 is 5.11 Å². The first-order chi connectivity index (χ1) is 7.15. The Labute approximate surface area is 91.3 Å². The summed E-state index contributed by atoms with van der Waals surface area (Å²) >= 11 is 0. The molecule has 82 valence electrons. The number of hydrogen-bond donors (Lipinski definition) is 2. The van der Waals surface area contributed by atoms with E-state index in [9.17, 15) is 5.11 Å². The number of benzene rings is 1. The summed E-state index contributed by atoms with van der Waals surface area (Å²) in [6.45, 7) is 4.11. The Morgan fingerprint density at radius 1 is 1.47 bits per heavy atom. The minimum Gasteiger partial charge on any atom is -0.508 e. The molecule has 0 bridgehead atoms. The summed E-state index contributed by atoms with van der Waals surface area (Å²) in [5.41, 5.74) is 1.95. The van der Waals surface area contributed by atoms with E-state index in [-0.39, 0.29) is 0 Å². The molecule has 1 atom stereocenters. The number of nitrogens with one attached hydrogen (secondary N) is 1. The molecule has 0 aromatic heterocycles. The molecule has 2 N–H and O–H groups in total. The molecule has 1 aliphatic rings. The minimum atomic E-state index is 0.374. The van der Waals surface area contributed by atoms with Gasteiger partial charge < -0.3 is 10.4 Å². The van der Waals surface area contributed by atoms with E-state index in [0.717, 1.165) is 17.2 Å². The molecule has 0 spiro atoms. The number of phenols is 1. The highest BCUT2D eigenvalue weighted by Gasteiger charge is 2.23. The zero-order chi connectivity index (χ0) is 10.8. The number of phenolic OH excluding ortho intramolecular Hbond substituents is 1. The molecule has 15 heavy (non-hydrogen) atoms. The van der Waals surface area contributed by atoms with Crippen LogP contribution in [0.25, 0.3) is 0 Å². The van der Waals surface area contributed by atoms with Crippen LogP contribution in [0.15, 0.2) is 18.2 Å². The third-order valence-electron chi connectivity index (χ3n) is 3.01. The predicted molar refractivity (Wildman–Crippen MR) is 63.3 cm³/mol. The molecule has 1 aromatic carbocycles. The molecule has 1 saturated carbocycles. The van der Waals surface area contributed by atoms with Crippen molar-refractivity contribution in [3.05, 3.63) is 23.8 Å². The number of hydrogen-bond acceptors (Lipinski definition) is 2. The van der Waals surface area contributed by atoms with E-state index < -0.39 is 0 Å². The second-order valence-electron chi connectivity index (χ2n) is 4.73. The highest BCUT2D eigenvalue weighted by atomic mass is 16.3. The lowest BCUT2D eigenvalue weighted by atomic mass is 10.1. The molecule has 1 aliphatic carbocycles. The molecule has 0 heterocycles. The van der Waals surface area contributed by atoms with E-state index in [1.54, 1.807) is 6.07 Å². The fourth-order valence-corrected chi connectivity index (χ4v) is 1.90. The maximum absolute atomic E-state index is 9.57. The molecule has 1 fully saturated rings. The first-order valence-corrected chi connectivity index (χ1v) is 5.71. The van der Waals surface area contributed by atoms with Gasteiger partial charge in [-0.3, -0.25) is 0 Å². The normalized spacial score (nSPS) is 17.5. The van der Waals surface area contributed by atoms with Crippen LogP contribution in [0.2, 0.25) is 0 Å². The van der Waals surface area contributed by atoms with E-state index in [1.165, 1.54) is 19.3 Å². The van der Waals surface area contributed by atoms with Crippen LogP contribution in [-0.4, -0.2) is 11.1 Å². The molecular formula is C13H19NO. The van der Waals surface area contributed by atoms with E-state index in [2.05, 4.69) is 12.2 Å². The average molecular weight is 205 g/mol. The second-order valence-corrected chi connectivity index (χ2v) is 4.73. The summed E-state index contributed by atoms with van der Waals surface area (Å²) in [6, 6.07) is 6.28. The summed E-state index contributed by atoms with van der Waals surface area (Å²) in [7, 11) is 0. The van der Waals surface area contributed by atoms with Crippen molar-refractivity contribution in [2.24, 2.45) is 5.92 Å². The smallest absolute Gasteiger partial charge is 0.120 e. The van der Waals surface area contributed by atoms with Gasteiger partial charge in [0, 0.05) is 17.8 Å². The fourth-order valence-electron chi connectivity index (χ4n) is 1.90. The van der Waals surface area contributed by atoms with Gasteiger partial charge in [0.1, 0.15) is 5.75 Å². The summed E-state index contributed by atoms with van der Waals surface area (Å²) in [5, 5.41) is 13.0. The molecule has 2 heteroatoms. The standard InChI is InChI=1S/C13H19NO/c1-9-3-6-12(8-13(9)15)14-10(2)7-11-4-5-11/h3,6,8,10-11,14-15H,4-5,7H2,1-2H3. The maximum Gasteiger partial charge on any atom is 0.120 e. The average Bonchev–Trinajstić information content (AvgIpc) is 2.95. The van der Waals surface area contributed by atoms with Crippen LogP contribution in [0.4, 0.5) is 5.69 Å². The van der Waals surface area contributed by atoms with Crippen molar-refractivity contribution in [2.75, 3.05) is 5.32 Å². The van der Waals surface area contributed by atoms with Gasteiger partial charge in [-0.1, -0.05) is 18.9 Å². The second kappa shape index (κ2) is 4.13. The van der Waals surface area contributed by atoms with Crippen LogP contribution < -0.4 is 5.32 Å². The number of aryl methyl sites for hydroxylation is 1. The van der Waals surface area contributed by atoms with Crippen molar-refractivity contribution in [2.45, 2.75) is 39.2 Å². The van der Waals surface area contributed by atoms with E-state index in [1.807, 2.05) is 19.1 Å². The first-order valence-electron chi connectivity index (χ1n) is 5.71. The van der Waals surface area contributed by atoms with Gasteiger partial charge in [-0.2, -0.15) is 0 Å². The third-order valence-corrected chi connectivity index (χ3v) is 3.01. The van der Waals surface area contributed by atoms with Crippen molar-refractivity contribution in [1.82, 2.24) is 0 Å². The number of anilines is 1. The molecular weight excluding hydrogens is 186 g/mol. The topological polar surface area (TPSA) is 32.3 Å². The van der Waals surface area contributed by atoms with Crippen LogP contribution in [0.3, 0.4) is 0 Å². The molecule has 2 nitrogen and oxygen atoms in total. The monoisotopic (exact) mass is 205 g/mol. The molecule has 1 aromatic rings. The molecule has 0 amide bonds. The van der Waals surface area contributed by atoms with Gasteiger partial charge in [-0.05, 0) is 37.8 Å². The van der Waals surface area contributed by atoms with E-state index in [0.29, 0.717) is 11.8 Å². The van der Waals surface area contributed by atoms with E-state index >= 15 is 0 Å². The lowest BCUT2D eigenvalue weighted by Gasteiger charge is -2.15. The van der Waals surface area contributed by atoms with Crippen LogP contribution >= 0.6 is 0 Å². The van der Waals surface area contributed by atoms with Gasteiger partial charge in [0.15, 0.2) is 0 Å². The van der Waals surface area contributed by atoms with E-state index in [4.69, 9.17) is 0 Å². The Morgan fingerprint density at radius 3 is 2.80 bits per heavy atom. The van der Waals surface area contributed by atoms with Crippen LogP contribution in [0, 0.1) is 12.8 Å². The Morgan fingerprint density at radius 2 is 2.20 bits per heavy atom. The largest absolute Gasteiger partial charge is 0.508 e. The van der Waals surface area contributed by atoms with Crippen LogP contribution in [0.5, 0.6) is 5.75 Å². The molecule has 0 radical (unpaired) electrons. The quantitative estimate of drug-likeness (QED) is 0.790. The van der Waals surface area contributed by atoms with Crippen molar-refractivity contribution in [3.63, 3.8) is 0 Å². The Bertz CT molecular complexity index is 344. The zero-order valence-corrected chi connectivity index (χ0v) is 9.46. The summed E-state index contributed by atoms with van der Waals surface area (Å²) in [5.74, 6) is 1.31. The van der Waals surface area contributed by atoms with Gasteiger partial charge >= 0.3 is 0 Å². The van der Waals surface area contributed by atoms with Crippen LogP contribution in [-0.2, 0) is 0 Å².